The maximum Gasteiger partial charge on any atom is 0.244 e. The average molecular weight is 319 g/mol. The molecule has 6 heteroatoms. The number of nitrogens with zero attached hydrogens (tertiary/aromatic N) is 1. The van der Waals surface area contributed by atoms with Crippen LogP contribution in [0.3, 0.4) is 0 Å². The quantitative estimate of drug-likeness (QED) is 0.920. The van der Waals surface area contributed by atoms with Crippen LogP contribution in [0.5, 0.6) is 0 Å². The van der Waals surface area contributed by atoms with Gasteiger partial charge in [0.15, 0.2) is 0 Å². The Hall–Kier alpha value is -0.430. The molecule has 1 aliphatic rings. The fourth-order valence-electron chi connectivity index (χ4n) is 2.14. The minimum atomic E-state index is -3.42. The van der Waals surface area contributed by atoms with Gasteiger partial charge in [0.1, 0.15) is 0 Å². The van der Waals surface area contributed by atoms with Crippen LogP contribution >= 0.6 is 15.9 Å². The molecule has 94 valence electrons. The normalized spacial score (nSPS) is 21.9. The summed E-state index contributed by atoms with van der Waals surface area (Å²) < 4.78 is 27.1. The molecule has 0 radical (unpaired) electrons. The summed E-state index contributed by atoms with van der Waals surface area (Å²) in [5.41, 5.74) is 5.62. The van der Waals surface area contributed by atoms with Gasteiger partial charge in [-0.05, 0) is 40.9 Å². The van der Waals surface area contributed by atoms with Gasteiger partial charge in [-0.25, -0.2) is 8.42 Å². The Bertz CT molecular complexity index is 504. The minimum Gasteiger partial charge on any atom is -0.329 e. The van der Waals surface area contributed by atoms with Gasteiger partial charge in [0.25, 0.3) is 0 Å². The third-order valence-corrected chi connectivity index (χ3v) is 5.98. The summed E-state index contributed by atoms with van der Waals surface area (Å²) in [5, 5.41) is 0. The Morgan fingerprint density at radius 1 is 1.41 bits per heavy atom. The zero-order valence-corrected chi connectivity index (χ0v) is 11.7. The highest BCUT2D eigenvalue weighted by Gasteiger charge is 2.35. The number of hydrogen-bond acceptors (Lipinski definition) is 3. The Kier molecular flexibility index (Phi) is 3.87. The molecular formula is C11H15BrN2O2S. The molecule has 0 spiro atoms. The van der Waals surface area contributed by atoms with E-state index in [1.165, 1.54) is 4.31 Å². The van der Waals surface area contributed by atoms with Crippen LogP contribution in [-0.2, 0) is 10.0 Å². The Morgan fingerprint density at radius 2 is 2.12 bits per heavy atom. The third-order valence-electron chi connectivity index (χ3n) is 3.02. The van der Waals surface area contributed by atoms with Crippen molar-refractivity contribution in [3.63, 3.8) is 0 Å². The van der Waals surface area contributed by atoms with Crippen molar-refractivity contribution in [1.82, 2.24) is 4.31 Å². The first-order valence-electron chi connectivity index (χ1n) is 5.54. The summed E-state index contributed by atoms with van der Waals surface area (Å²) in [5.74, 6) is 0. The van der Waals surface area contributed by atoms with E-state index in [0.717, 1.165) is 12.8 Å². The van der Waals surface area contributed by atoms with Crippen molar-refractivity contribution in [2.45, 2.75) is 23.8 Å². The molecule has 1 aromatic carbocycles. The maximum absolute atomic E-state index is 12.5. The average Bonchev–Trinajstić information content (AvgIpc) is 2.78. The number of nitrogens with two attached hydrogens (primary N) is 1. The lowest BCUT2D eigenvalue weighted by molar-refractivity contribution is 0.393. The van der Waals surface area contributed by atoms with Crippen LogP contribution in [-0.4, -0.2) is 31.9 Å². The highest BCUT2D eigenvalue weighted by molar-refractivity contribution is 9.10. The van der Waals surface area contributed by atoms with Crippen LogP contribution in [0, 0.1) is 0 Å². The van der Waals surface area contributed by atoms with Gasteiger partial charge < -0.3 is 5.73 Å². The number of benzene rings is 1. The lowest BCUT2D eigenvalue weighted by Crippen LogP contribution is -2.39. The lowest BCUT2D eigenvalue weighted by atomic mass is 10.2. The van der Waals surface area contributed by atoms with Crippen LogP contribution in [0.15, 0.2) is 33.6 Å². The summed E-state index contributed by atoms with van der Waals surface area (Å²) in [6.07, 6.45) is 1.73. The van der Waals surface area contributed by atoms with E-state index in [4.69, 9.17) is 5.73 Å². The summed E-state index contributed by atoms with van der Waals surface area (Å²) in [6.45, 7) is 0.940. The molecule has 1 aliphatic heterocycles. The summed E-state index contributed by atoms with van der Waals surface area (Å²) in [7, 11) is -3.42. The van der Waals surface area contributed by atoms with Crippen LogP contribution in [0.2, 0.25) is 0 Å². The van der Waals surface area contributed by atoms with Gasteiger partial charge in [-0.15, -0.1) is 0 Å². The Balaban J connectivity index is 2.40. The number of sulfonamides is 1. The maximum atomic E-state index is 12.5. The molecule has 0 bridgehead atoms. The highest BCUT2D eigenvalue weighted by atomic mass is 79.9. The zero-order valence-electron chi connectivity index (χ0n) is 9.34. The van der Waals surface area contributed by atoms with Crippen molar-refractivity contribution in [3.8, 4) is 0 Å². The van der Waals surface area contributed by atoms with Gasteiger partial charge in [0.05, 0.1) is 4.90 Å². The smallest absolute Gasteiger partial charge is 0.244 e. The van der Waals surface area contributed by atoms with Gasteiger partial charge in [0, 0.05) is 23.6 Å². The molecule has 1 atom stereocenters. The molecule has 0 aromatic heterocycles. The molecule has 2 N–H and O–H groups in total. The standard InChI is InChI=1S/C11H15BrN2O2S/c12-10-5-1-2-6-11(10)17(15,16)14-7-3-4-9(14)8-13/h1-2,5-6,9H,3-4,7-8,13H2/t9-/m0/s1. The van der Waals surface area contributed by atoms with Gasteiger partial charge >= 0.3 is 0 Å². The third kappa shape index (κ3) is 2.40. The molecule has 0 aliphatic carbocycles. The second-order valence-corrected chi connectivity index (χ2v) is 6.79. The van der Waals surface area contributed by atoms with Crippen LogP contribution < -0.4 is 5.73 Å². The van der Waals surface area contributed by atoms with E-state index in [-0.39, 0.29) is 6.04 Å². The van der Waals surface area contributed by atoms with Crippen molar-refractivity contribution in [3.05, 3.63) is 28.7 Å². The SMILES string of the molecule is NC[C@@H]1CCCN1S(=O)(=O)c1ccccc1Br. The second-order valence-electron chi connectivity index (χ2n) is 4.08. The summed E-state index contributed by atoms with van der Waals surface area (Å²) in [4.78, 5) is 0.320. The van der Waals surface area contributed by atoms with Crippen molar-refractivity contribution in [2.24, 2.45) is 5.73 Å². The van der Waals surface area contributed by atoms with Gasteiger partial charge in [-0.2, -0.15) is 4.31 Å². The predicted octanol–water partition coefficient (Wildman–Crippen LogP) is 1.56. The first-order valence-corrected chi connectivity index (χ1v) is 7.77. The molecule has 17 heavy (non-hydrogen) atoms. The molecule has 1 saturated heterocycles. The highest BCUT2D eigenvalue weighted by Crippen LogP contribution is 2.29. The largest absolute Gasteiger partial charge is 0.329 e. The zero-order chi connectivity index (χ0) is 12.5. The van der Waals surface area contributed by atoms with Gasteiger partial charge in [-0.3, -0.25) is 0 Å². The van der Waals surface area contributed by atoms with E-state index >= 15 is 0 Å². The molecule has 1 heterocycles. The number of halogens is 1. The molecule has 2 rings (SSSR count). The summed E-state index contributed by atoms with van der Waals surface area (Å²) in [6, 6.07) is 6.82. The molecular weight excluding hydrogens is 304 g/mol. The van der Waals surface area contributed by atoms with Crippen LogP contribution in [0.4, 0.5) is 0 Å². The van der Waals surface area contributed by atoms with E-state index in [0.29, 0.717) is 22.5 Å². The topological polar surface area (TPSA) is 63.4 Å². The first kappa shape index (κ1) is 13.0. The van der Waals surface area contributed by atoms with E-state index < -0.39 is 10.0 Å². The van der Waals surface area contributed by atoms with E-state index in [2.05, 4.69) is 15.9 Å². The molecule has 1 fully saturated rings. The Labute approximate surface area is 110 Å². The van der Waals surface area contributed by atoms with Crippen molar-refractivity contribution < 1.29 is 8.42 Å². The van der Waals surface area contributed by atoms with E-state index in [1.807, 2.05) is 0 Å². The molecule has 1 aromatic rings. The monoisotopic (exact) mass is 318 g/mol. The van der Waals surface area contributed by atoms with Crippen LogP contribution in [0.25, 0.3) is 0 Å². The lowest BCUT2D eigenvalue weighted by Gasteiger charge is -2.23. The van der Waals surface area contributed by atoms with Crippen LogP contribution in [0.1, 0.15) is 12.8 Å². The van der Waals surface area contributed by atoms with E-state index in [9.17, 15) is 8.42 Å². The van der Waals surface area contributed by atoms with Crippen molar-refractivity contribution >= 4 is 26.0 Å². The van der Waals surface area contributed by atoms with Crippen molar-refractivity contribution in [2.75, 3.05) is 13.1 Å². The summed E-state index contributed by atoms with van der Waals surface area (Å²) >= 11 is 3.28. The molecule has 0 amide bonds. The fourth-order valence-corrected chi connectivity index (χ4v) is 4.81. The number of hydrogen-bond donors (Lipinski definition) is 1. The van der Waals surface area contributed by atoms with Gasteiger partial charge in [-0.1, -0.05) is 12.1 Å². The minimum absolute atomic E-state index is 0.0629. The fraction of sp³-hybridized carbons (Fsp3) is 0.455. The predicted molar refractivity (Wildman–Crippen MR) is 70.1 cm³/mol. The Morgan fingerprint density at radius 3 is 2.76 bits per heavy atom. The molecule has 0 unspecified atom stereocenters. The second kappa shape index (κ2) is 5.06. The number of rotatable bonds is 3. The van der Waals surface area contributed by atoms with E-state index in [1.54, 1.807) is 24.3 Å². The molecule has 0 saturated carbocycles. The molecule has 4 nitrogen and oxygen atoms in total. The first-order chi connectivity index (χ1) is 8.07. The van der Waals surface area contributed by atoms with Gasteiger partial charge in [0.2, 0.25) is 10.0 Å². The van der Waals surface area contributed by atoms with Crippen molar-refractivity contribution in [1.29, 1.82) is 0 Å².